The highest BCUT2D eigenvalue weighted by molar-refractivity contribution is 7.98. The minimum absolute atomic E-state index is 0.0255. The third-order valence-electron chi connectivity index (χ3n) is 6.69. The van der Waals surface area contributed by atoms with Crippen LogP contribution in [-0.4, -0.2) is 65.9 Å². The summed E-state index contributed by atoms with van der Waals surface area (Å²) in [5, 5.41) is 6.08. The Morgan fingerprint density at radius 3 is 2.58 bits per heavy atom. The number of anilines is 2. The first kappa shape index (κ1) is 25.7. The fourth-order valence-corrected chi connectivity index (χ4v) is 5.15. The molecule has 4 amide bonds. The number of hydrogen-bond acceptors (Lipinski definition) is 6. The van der Waals surface area contributed by atoms with Crippen molar-refractivity contribution in [3.05, 3.63) is 47.7 Å². The van der Waals surface area contributed by atoms with E-state index < -0.39 is 11.8 Å². The van der Waals surface area contributed by atoms with E-state index >= 15 is 0 Å². The number of amides is 4. The summed E-state index contributed by atoms with van der Waals surface area (Å²) in [7, 11) is 0. The number of carbonyl (C=O) groups is 4. The average Bonchev–Trinajstić information content (AvgIpc) is 3.33. The van der Waals surface area contributed by atoms with Crippen molar-refractivity contribution >= 4 is 46.8 Å². The average molecular weight is 510 g/mol. The van der Waals surface area contributed by atoms with Gasteiger partial charge in [0.25, 0.3) is 5.91 Å². The van der Waals surface area contributed by atoms with Crippen molar-refractivity contribution in [1.29, 1.82) is 0 Å². The summed E-state index contributed by atoms with van der Waals surface area (Å²) in [6.45, 7) is 4.13. The zero-order valence-corrected chi connectivity index (χ0v) is 21.4. The van der Waals surface area contributed by atoms with E-state index in [4.69, 9.17) is 0 Å². The number of aromatic nitrogens is 1. The molecule has 2 saturated heterocycles. The number of piperidine rings is 1. The molecule has 9 nitrogen and oxygen atoms in total. The Morgan fingerprint density at radius 2 is 1.89 bits per heavy atom. The molecule has 0 saturated carbocycles. The minimum atomic E-state index is -0.744. The van der Waals surface area contributed by atoms with Crippen molar-refractivity contribution in [3.8, 4) is 0 Å². The number of nitrogens with one attached hydrogen (secondary N) is 2. The molecule has 2 aliphatic rings. The predicted octanol–water partition coefficient (Wildman–Crippen LogP) is 2.85. The molecule has 3 heterocycles. The fourth-order valence-electron chi connectivity index (χ4n) is 4.61. The Labute approximate surface area is 215 Å². The van der Waals surface area contributed by atoms with Crippen molar-refractivity contribution in [1.82, 2.24) is 15.2 Å². The van der Waals surface area contributed by atoms with Crippen molar-refractivity contribution in [2.45, 2.75) is 37.6 Å². The van der Waals surface area contributed by atoms with Gasteiger partial charge in [-0.1, -0.05) is 6.07 Å². The molecule has 0 bridgehead atoms. The topological polar surface area (TPSA) is 112 Å². The SMILES string of the molecule is CSc1ncccc1C(=O)N1CCC(CNC(=O)C(=O)Nc2ccc(C)c(N3CCCC3=O)c2)CC1. The zero-order valence-electron chi connectivity index (χ0n) is 20.6. The van der Waals surface area contributed by atoms with E-state index in [9.17, 15) is 19.2 Å². The Hall–Kier alpha value is -3.40. The van der Waals surface area contributed by atoms with Crippen LogP contribution < -0.4 is 15.5 Å². The van der Waals surface area contributed by atoms with Crippen molar-refractivity contribution < 1.29 is 19.2 Å². The molecule has 4 rings (SSSR count). The first-order valence-electron chi connectivity index (χ1n) is 12.2. The largest absolute Gasteiger partial charge is 0.348 e. The van der Waals surface area contributed by atoms with E-state index in [-0.39, 0.29) is 17.7 Å². The lowest BCUT2D eigenvalue weighted by atomic mass is 9.96. The van der Waals surface area contributed by atoms with Gasteiger partial charge in [0.15, 0.2) is 0 Å². The number of pyridine rings is 1. The Bertz CT molecular complexity index is 1160. The van der Waals surface area contributed by atoms with Crippen LogP contribution >= 0.6 is 11.8 Å². The molecule has 0 spiro atoms. The maximum absolute atomic E-state index is 12.9. The van der Waals surface area contributed by atoms with Gasteiger partial charge in [-0.05, 0) is 68.2 Å². The Balaban J connectivity index is 1.25. The summed E-state index contributed by atoms with van der Waals surface area (Å²) in [5.74, 6) is -1.22. The van der Waals surface area contributed by atoms with Gasteiger partial charge in [0.1, 0.15) is 5.03 Å². The monoisotopic (exact) mass is 509 g/mol. The van der Waals surface area contributed by atoms with Crippen LogP contribution in [0.15, 0.2) is 41.6 Å². The number of rotatable bonds is 6. The molecule has 2 aliphatic heterocycles. The highest BCUT2D eigenvalue weighted by atomic mass is 32.2. The molecule has 36 heavy (non-hydrogen) atoms. The van der Waals surface area contributed by atoms with Gasteiger partial charge in [-0.25, -0.2) is 4.98 Å². The first-order chi connectivity index (χ1) is 17.4. The molecule has 2 aromatic rings. The van der Waals surface area contributed by atoms with E-state index in [0.29, 0.717) is 43.9 Å². The van der Waals surface area contributed by atoms with E-state index in [1.54, 1.807) is 35.4 Å². The highest BCUT2D eigenvalue weighted by Crippen LogP contribution is 2.28. The number of hydrogen-bond donors (Lipinski definition) is 2. The summed E-state index contributed by atoms with van der Waals surface area (Å²) >= 11 is 1.45. The first-order valence-corrected chi connectivity index (χ1v) is 13.4. The van der Waals surface area contributed by atoms with Crippen molar-refractivity contribution in [2.24, 2.45) is 5.92 Å². The normalized spacial score (nSPS) is 16.2. The molecule has 0 atom stereocenters. The highest BCUT2D eigenvalue weighted by Gasteiger charge is 2.27. The van der Waals surface area contributed by atoms with E-state index in [1.165, 1.54) is 11.8 Å². The Morgan fingerprint density at radius 1 is 1.11 bits per heavy atom. The molecule has 2 N–H and O–H groups in total. The van der Waals surface area contributed by atoms with Crippen LogP contribution in [0.1, 0.15) is 41.6 Å². The summed E-state index contributed by atoms with van der Waals surface area (Å²) < 4.78 is 0. The second-order valence-electron chi connectivity index (χ2n) is 9.11. The Kier molecular flexibility index (Phi) is 8.25. The molecular weight excluding hydrogens is 478 g/mol. The third kappa shape index (κ3) is 5.87. The summed E-state index contributed by atoms with van der Waals surface area (Å²) in [5.41, 5.74) is 2.78. The number of nitrogens with zero attached hydrogens (tertiary/aromatic N) is 3. The second kappa shape index (κ2) is 11.6. The second-order valence-corrected chi connectivity index (χ2v) is 9.91. The molecule has 0 radical (unpaired) electrons. The lowest BCUT2D eigenvalue weighted by Gasteiger charge is -2.32. The van der Waals surface area contributed by atoms with E-state index in [2.05, 4.69) is 15.6 Å². The lowest BCUT2D eigenvalue weighted by Crippen LogP contribution is -2.43. The summed E-state index contributed by atoms with van der Waals surface area (Å²) in [6.07, 6.45) is 6.40. The van der Waals surface area contributed by atoms with Gasteiger partial charge in [0, 0.05) is 50.2 Å². The van der Waals surface area contributed by atoms with Crippen molar-refractivity contribution in [2.75, 3.05) is 42.7 Å². The van der Waals surface area contributed by atoms with Gasteiger partial charge >= 0.3 is 11.8 Å². The predicted molar refractivity (Wildman–Crippen MR) is 139 cm³/mol. The molecular formula is C26H31N5O4S. The van der Waals surface area contributed by atoms with Gasteiger partial charge in [0.2, 0.25) is 5.91 Å². The maximum Gasteiger partial charge on any atom is 0.313 e. The zero-order chi connectivity index (χ0) is 25.7. The lowest BCUT2D eigenvalue weighted by molar-refractivity contribution is -0.136. The van der Waals surface area contributed by atoms with Gasteiger partial charge in [-0.3, -0.25) is 19.2 Å². The van der Waals surface area contributed by atoms with E-state index in [1.807, 2.05) is 24.1 Å². The molecule has 0 aliphatic carbocycles. The van der Waals surface area contributed by atoms with Crippen LogP contribution in [0, 0.1) is 12.8 Å². The number of likely N-dealkylation sites (tertiary alicyclic amines) is 1. The van der Waals surface area contributed by atoms with E-state index in [0.717, 1.165) is 35.5 Å². The number of aryl methyl sites for hydroxylation is 1. The molecule has 0 unspecified atom stereocenters. The third-order valence-corrected chi connectivity index (χ3v) is 7.40. The van der Waals surface area contributed by atoms with Gasteiger partial charge in [-0.15, -0.1) is 11.8 Å². The molecule has 1 aromatic carbocycles. The maximum atomic E-state index is 12.9. The quantitative estimate of drug-likeness (QED) is 0.458. The summed E-state index contributed by atoms with van der Waals surface area (Å²) in [4.78, 5) is 57.7. The molecule has 1 aromatic heterocycles. The standard InChI is InChI=1S/C26H31N5O4S/c1-17-7-8-19(15-21(17)31-12-4-6-22(31)32)29-24(34)23(33)28-16-18-9-13-30(14-10-18)26(35)20-5-3-11-27-25(20)36-2/h3,5,7-8,11,15,18H,4,6,9-10,12-14,16H2,1-2H3,(H,28,33)(H,29,34). The van der Waals surface area contributed by atoms with Crippen molar-refractivity contribution in [3.63, 3.8) is 0 Å². The van der Waals surface area contributed by atoms with Crippen LogP contribution in [0.5, 0.6) is 0 Å². The number of carbonyl (C=O) groups excluding carboxylic acids is 4. The van der Waals surface area contributed by atoms with Crippen LogP contribution in [0.3, 0.4) is 0 Å². The molecule has 10 heteroatoms. The van der Waals surface area contributed by atoms with Gasteiger partial charge < -0.3 is 20.4 Å². The van der Waals surface area contributed by atoms with Crippen LogP contribution in [0.4, 0.5) is 11.4 Å². The smallest absolute Gasteiger partial charge is 0.313 e. The molecule has 190 valence electrons. The van der Waals surface area contributed by atoms with Gasteiger partial charge in [0.05, 0.1) is 5.56 Å². The minimum Gasteiger partial charge on any atom is -0.348 e. The van der Waals surface area contributed by atoms with Crippen LogP contribution in [0.2, 0.25) is 0 Å². The fraction of sp³-hybridized carbons (Fsp3) is 0.423. The summed E-state index contributed by atoms with van der Waals surface area (Å²) in [6, 6.07) is 8.86. The number of thioether (sulfide) groups is 1. The van der Waals surface area contributed by atoms with Crippen LogP contribution in [-0.2, 0) is 14.4 Å². The van der Waals surface area contributed by atoms with Gasteiger partial charge in [-0.2, -0.15) is 0 Å². The number of benzene rings is 1. The molecule has 2 fully saturated rings. The van der Waals surface area contributed by atoms with Crippen LogP contribution in [0.25, 0.3) is 0 Å².